The van der Waals surface area contributed by atoms with Crippen molar-refractivity contribution in [3.63, 3.8) is 0 Å². The van der Waals surface area contributed by atoms with Crippen molar-refractivity contribution in [3.8, 4) is 0 Å². The third-order valence-electron chi connectivity index (χ3n) is 6.40. The van der Waals surface area contributed by atoms with Crippen molar-refractivity contribution in [1.82, 2.24) is 15.1 Å². The lowest BCUT2D eigenvalue weighted by Crippen LogP contribution is -2.63. The lowest BCUT2D eigenvalue weighted by Gasteiger charge is -2.41. The van der Waals surface area contributed by atoms with Gasteiger partial charge in [-0.2, -0.15) is 0 Å². The molecule has 5 N–H and O–H groups in total. The molecule has 1 aliphatic heterocycles. The lowest BCUT2D eigenvalue weighted by atomic mass is 10.00. The predicted molar refractivity (Wildman–Crippen MR) is 142 cm³/mol. The van der Waals surface area contributed by atoms with Gasteiger partial charge in [0.15, 0.2) is 0 Å². The number of carbonyl (C=O) groups is 5. The number of nitrogen functional groups attached to an aromatic ring is 1. The number of esters is 1. The van der Waals surface area contributed by atoms with Crippen molar-refractivity contribution in [2.75, 3.05) is 26.7 Å². The molecule has 0 unspecified atom stereocenters. The van der Waals surface area contributed by atoms with Crippen LogP contribution in [0.3, 0.4) is 0 Å². The van der Waals surface area contributed by atoms with Crippen LogP contribution in [0.4, 0.5) is 5.69 Å². The quantitative estimate of drug-likeness (QED) is 0.0925. The van der Waals surface area contributed by atoms with Crippen molar-refractivity contribution in [2.24, 2.45) is 5.73 Å². The highest BCUT2D eigenvalue weighted by Gasteiger charge is 2.42. The van der Waals surface area contributed by atoms with E-state index in [0.29, 0.717) is 11.1 Å². The first-order valence-electron chi connectivity index (χ1n) is 12.3. The molecule has 1 aliphatic rings. The van der Waals surface area contributed by atoms with E-state index in [9.17, 15) is 34.1 Å². The topological polar surface area (TPSA) is 226 Å². The largest absolute Gasteiger partial charge is 0.480 e. The smallest absolute Gasteiger partial charge is 0.323 e. The summed E-state index contributed by atoms with van der Waals surface area (Å²) >= 11 is 0. The second kappa shape index (κ2) is 13.1. The summed E-state index contributed by atoms with van der Waals surface area (Å²) in [5, 5.41) is 30.5. The average molecular weight is 569 g/mol. The Bertz CT molecular complexity index is 1380. The number of hydrogen-bond acceptors (Lipinski definition) is 9. The van der Waals surface area contributed by atoms with Crippen LogP contribution < -0.4 is 11.1 Å². The van der Waals surface area contributed by atoms with Gasteiger partial charge >= 0.3 is 11.9 Å². The molecule has 3 rings (SSSR count). The van der Waals surface area contributed by atoms with E-state index in [0.717, 1.165) is 16.9 Å². The molecule has 1 fully saturated rings. The van der Waals surface area contributed by atoms with Gasteiger partial charge in [-0.15, -0.1) is 0 Å². The maximum atomic E-state index is 13.9. The molecular formula is C26H28N6O9. The first-order chi connectivity index (χ1) is 19.4. The van der Waals surface area contributed by atoms with Crippen LogP contribution in [0.25, 0.3) is 0 Å². The van der Waals surface area contributed by atoms with E-state index in [2.05, 4.69) is 10.1 Å². The normalized spacial score (nSPS) is 15.5. The summed E-state index contributed by atoms with van der Waals surface area (Å²) in [6, 6.07) is 8.42. The molecule has 216 valence electrons. The standard InChI is InChI=1S/C26H28N6O9/c1-41-22(35)13-20-26(38)30(14-21(33)34)9-10-31(20)25(37)19(12-15-3-2-4-18(11-15)32(39)40)29-24(36)17-7-5-16(6-8-17)23(27)28/h2-8,11,19-20H,9-10,12-14H2,1H3,(H3,27,28)(H,29,36)(H,33,34)/t19-,20-/m0/s1. The minimum Gasteiger partial charge on any atom is -0.480 e. The maximum Gasteiger partial charge on any atom is 0.323 e. The SMILES string of the molecule is COC(=O)C[C@H]1C(=O)N(CC(=O)O)CCN1C(=O)[C@H](Cc1cccc([N+](=O)[O-])c1)NC(=O)c1ccc(C(=N)N)cc1. The number of hydrogen-bond donors (Lipinski definition) is 4. The Kier molecular flexibility index (Phi) is 9.68. The van der Waals surface area contributed by atoms with Crippen LogP contribution in [-0.4, -0.2) is 94.2 Å². The average Bonchev–Trinajstić information content (AvgIpc) is 2.94. The number of carboxylic acid groups (broad SMARTS) is 1. The summed E-state index contributed by atoms with van der Waals surface area (Å²) in [5.74, 6) is -4.53. The summed E-state index contributed by atoms with van der Waals surface area (Å²) in [5.41, 5.74) is 6.05. The Morgan fingerprint density at radius 3 is 2.41 bits per heavy atom. The number of amides is 3. The van der Waals surface area contributed by atoms with Gasteiger partial charge in [-0.1, -0.05) is 24.3 Å². The number of carbonyl (C=O) groups excluding carboxylic acids is 4. The van der Waals surface area contributed by atoms with Gasteiger partial charge in [-0.3, -0.25) is 39.5 Å². The molecule has 0 saturated carbocycles. The number of nitrogens with zero attached hydrogens (tertiary/aromatic N) is 3. The van der Waals surface area contributed by atoms with E-state index in [-0.39, 0.29) is 36.6 Å². The van der Waals surface area contributed by atoms with Gasteiger partial charge < -0.3 is 30.7 Å². The lowest BCUT2D eigenvalue weighted by molar-refractivity contribution is -0.384. The van der Waals surface area contributed by atoms with Gasteiger partial charge in [0, 0.05) is 42.8 Å². The number of rotatable bonds is 11. The van der Waals surface area contributed by atoms with Gasteiger partial charge in [0.05, 0.1) is 18.5 Å². The monoisotopic (exact) mass is 568 g/mol. The molecule has 0 bridgehead atoms. The molecule has 3 amide bonds. The number of nitro benzene ring substituents is 1. The number of piperazine rings is 1. The van der Waals surface area contributed by atoms with Crippen molar-refractivity contribution in [1.29, 1.82) is 5.41 Å². The highest BCUT2D eigenvalue weighted by atomic mass is 16.6. The second-order valence-corrected chi connectivity index (χ2v) is 9.13. The third-order valence-corrected chi connectivity index (χ3v) is 6.40. The highest BCUT2D eigenvalue weighted by molar-refractivity contribution is 6.01. The number of nitrogens with one attached hydrogen (secondary N) is 2. The van der Waals surface area contributed by atoms with Crippen LogP contribution in [0.15, 0.2) is 48.5 Å². The van der Waals surface area contributed by atoms with E-state index in [4.69, 9.17) is 16.2 Å². The first-order valence-corrected chi connectivity index (χ1v) is 12.3. The molecule has 1 saturated heterocycles. The molecule has 41 heavy (non-hydrogen) atoms. The second-order valence-electron chi connectivity index (χ2n) is 9.13. The van der Waals surface area contributed by atoms with Gasteiger partial charge in [-0.05, 0) is 17.7 Å². The van der Waals surface area contributed by atoms with Crippen molar-refractivity contribution in [2.45, 2.75) is 24.9 Å². The molecular weight excluding hydrogens is 540 g/mol. The molecule has 0 aliphatic carbocycles. The molecule has 2 aromatic carbocycles. The van der Waals surface area contributed by atoms with Gasteiger partial charge in [-0.25, -0.2) is 0 Å². The van der Waals surface area contributed by atoms with Crippen LogP contribution in [0.2, 0.25) is 0 Å². The van der Waals surface area contributed by atoms with Crippen molar-refractivity contribution < 1.29 is 38.7 Å². The minimum absolute atomic E-state index is 0.125. The molecule has 2 atom stereocenters. The zero-order chi connectivity index (χ0) is 30.3. The Hall–Kier alpha value is -5.34. The fourth-order valence-corrected chi connectivity index (χ4v) is 4.34. The maximum absolute atomic E-state index is 13.9. The number of non-ortho nitro benzene ring substituents is 1. The van der Waals surface area contributed by atoms with E-state index in [1.807, 2.05) is 0 Å². The summed E-state index contributed by atoms with van der Waals surface area (Å²) in [6.07, 6.45) is -0.757. The summed E-state index contributed by atoms with van der Waals surface area (Å²) in [6.45, 7) is -0.921. The summed E-state index contributed by atoms with van der Waals surface area (Å²) in [4.78, 5) is 76.3. The molecule has 0 aromatic heterocycles. The number of ether oxygens (including phenoxy) is 1. The van der Waals surface area contributed by atoms with E-state index in [1.165, 1.54) is 48.5 Å². The molecule has 15 heteroatoms. The van der Waals surface area contributed by atoms with Gasteiger partial charge in [0.2, 0.25) is 11.8 Å². The first kappa shape index (κ1) is 30.2. The molecule has 1 heterocycles. The van der Waals surface area contributed by atoms with E-state index in [1.54, 1.807) is 0 Å². The molecule has 2 aromatic rings. The number of carboxylic acids is 1. The summed E-state index contributed by atoms with van der Waals surface area (Å²) in [7, 11) is 1.10. The number of amidine groups is 1. The van der Waals surface area contributed by atoms with Gasteiger partial charge in [0.25, 0.3) is 11.6 Å². The Labute approximate surface area is 233 Å². The number of nitro groups is 1. The van der Waals surface area contributed by atoms with Gasteiger partial charge in [0.1, 0.15) is 24.5 Å². The number of methoxy groups -OCH3 is 1. The zero-order valence-electron chi connectivity index (χ0n) is 21.9. The Morgan fingerprint density at radius 2 is 1.83 bits per heavy atom. The van der Waals surface area contributed by atoms with Crippen LogP contribution in [0.5, 0.6) is 0 Å². The summed E-state index contributed by atoms with van der Waals surface area (Å²) < 4.78 is 4.66. The van der Waals surface area contributed by atoms with Crippen LogP contribution in [0, 0.1) is 15.5 Å². The molecule has 0 radical (unpaired) electrons. The van der Waals surface area contributed by atoms with Crippen LogP contribution >= 0.6 is 0 Å². The van der Waals surface area contributed by atoms with Crippen LogP contribution in [0.1, 0.15) is 27.9 Å². The Balaban J connectivity index is 1.95. The molecule has 15 nitrogen and oxygen atoms in total. The fraction of sp³-hybridized carbons (Fsp3) is 0.308. The van der Waals surface area contributed by atoms with Crippen molar-refractivity contribution in [3.05, 3.63) is 75.3 Å². The van der Waals surface area contributed by atoms with Crippen LogP contribution in [-0.2, 0) is 30.3 Å². The predicted octanol–water partition coefficient (Wildman–Crippen LogP) is -0.0929. The van der Waals surface area contributed by atoms with Crippen molar-refractivity contribution >= 4 is 41.2 Å². The number of aliphatic carboxylic acids is 1. The van der Waals surface area contributed by atoms with E-state index >= 15 is 0 Å². The number of benzene rings is 2. The third kappa shape index (κ3) is 7.62. The number of nitrogens with two attached hydrogens (primary N) is 1. The zero-order valence-corrected chi connectivity index (χ0v) is 21.9. The minimum atomic E-state index is -1.40. The molecule has 0 spiro atoms. The highest BCUT2D eigenvalue weighted by Crippen LogP contribution is 2.20. The van der Waals surface area contributed by atoms with E-state index < -0.39 is 59.6 Å². The Morgan fingerprint density at radius 1 is 1.17 bits per heavy atom. The fourth-order valence-electron chi connectivity index (χ4n) is 4.34.